The third-order valence-electron chi connectivity index (χ3n) is 3.15. The molecular weight excluding hydrogens is 325 g/mol. The number of H-pyrrole nitrogens is 1. The van der Waals surface area contributed by atoms with E-state index in [9.17, 15) is 33.2 Å². The maximum absolute atomic E-state index is 12.6. The smallest absolute Gasteiger partial charge is 0.391 e. The van der Waals surface area contributed by atoms with Crippen molar-refractivity contribution in [2.24, 2.45) is 0 Å². The Bertz CT molecular complexity index is 603. The summed E-state index contributed by atoms with van der Waals surface area (Å²) >= 11 is 0. The van der Waals surface area contributed by atoms with Crippen molar-refractivity contribution in [1.82, 2.24) is 14.9 Å². The van der Waals surface area contributed by atoms with Gasteiger partial charge >= 0.3 is 17.8 Å². The molecular formula is C11H13F3N4O5. The third-order valence-corrected chi connectivity index (χ3v) is 3.15. The first-order valence-electron chi connectivity index (χ1n) is 6.52. The summed E-state index contributed by atoms with van der Waals surface area (Å²) in [6.07, 6.45) is -6.65. The molecule has 2 heterocycles. The molecule has 0 aromatic carbocycles. The lowest BCUT2D eigenvalue weighted by Gasteiger charge is -2.28. The van der Waals surface area contributed by atoms with Crippen LogP contribution in [0.4, 0.5) is 19.0 Å². The van der Waals surface area contributed by atoms with Crippen LogP contribution in [0.3, 0.4) is 0 Å². The zero-order valence-electron chi connectivity index (χ0n) is 11.7. The predicted octanol–water partition coefficient (Wildman–Crippen LogP) is 0.0989. The molecule has 1 aliphatic heterocycles. The lowest BCUT2D eigenvalue weighted by molar-refractivity contribution is -0.390. The summed E-state index contributed by atoms with van der Waals surface area (Å²) in [5, 5.41) is 20.7. The Morgan fingerprint density at radius 3 is 2.78 bits per heavy atom. The molecule has 1 aromatic heterocycles. The van der Waals surface area contributed by atoms with Crippen LogP contribution in [0.1, 0.15) is 11.5 Å². The number of nitro groups is 1. The lowest BCUT2D eigenvalue weighted by Crippen LogP contribution is -2.45. The van der Waals surface area contributed by atoms with Crippen molar-refractivity contribution < 1.29 is 32.7 Å². The number of aromatic amines is 1. The van der Waals surface area contributed by atoms with Crippen molar-refractivity contribution >= 4 is 11.7 Å². The molecule has 23 heavy (non-hydrogen) atoms. The number of rotatable bonds is 5. The average Bonchev–Trinajstić information content (AvgIpc) is 2.85. The fraction of sp³-hybridized carbons (Fsp3) is 0.636. The molecule has 0 spiro atoms. The Hall–Kier alpha value is -2.21. The molecule has 0 saturated carbocycles. The summed E-state index contributed by atoms with van der Waals surface area (Å²) in [4.78, 5) is 27.3. The van der Waals surface area contributed by atoms with Gasteiger partial charge in [0, 0.05) is 19.5 Å². The number of morpholine rings is 1. The molecule has 0 bridgehead atoms. The number of alkyl halides is 3. The van der Waals surface area contributed by atoms with Gasteiger partial charge < -0.3 is 24.9 Å². The second-order valence-corrected chi connectivity index (χ2v) is 4.89. The fourth-order valence-corrected chi connectivity index (χ4v) is 2.11. The lowest BCUT2D eigenvalue weighted by atomic mass is 10.2. The van der Waals surface area contributed by atoms with Crippen LogP contribution in [0.25, 0.3) is 0 Å². The number of halogens is 3. The van der Waals surface area contributed by atoms with Crippen molar-refractivity contribution in [3.8, 4) is 0 Å². The second-order valence-electron chi connectivity index (χ2n) is 4.89. The number of aliphatic hydroxyl groups excluding tert-OH is 1. The van der Waals surface area contributed by atoms with E-state index in [2.05, 4.69) is 4.98 Å². The van der Waals surface area contributed by atoms with Crippen molar-refractivity contribution in [3.05, 3.63) is 21.6 Å². The highest BCUT2D eigenvalue weighted by atomic mass is 19.4. The quantitative estimate of drug-likeness (QED) is 0.580. The summed E-state index contributed by atoms with van der Waals surface area (Å²) in [5.74, 6) is -2.80. The van der Waals surface area contributed by atoms with E-state index in [0.717, 1.165) is 0 Å². The van der Waals surface area contributed by atoms with E-state index in [1.165, 1.54) is 4.90 Å². The van der Waals surface area contributed by atoms with Crippen LogP contribution >= 0.6 is 0 Å². The normalized spacial score (nSPS) is 17.4. The van der Waals surface area contributed by atoms with Gasteiger partial charge in [-0.05, 0) is 4.92 Å². The zero-order valence-corrected chi connectivity index (χ0v) is 11.7. The van der Waals surface area contributed by atoms with Crippen LogP contribution in [0.15, 0.2) is 0 Å². The number of carbonyl (C=O) groups excluding carboxylic acids is 1. The first-order valence-corrected chi connectivity index (χ1v) is 6.52. The SMILES string of the molecule is O=C1COCCN1C[C@H](O)Cc1nc(C(F)(F)F)[nH]c1[N+](=O)[O-]. The molecule has 1 aliphatic rings. The highest BCUT2D eigenvalue weighted by molar-refractivity contribution is 5.78. The number of hydrogen-bond acceptors (Lipinski definition) is 6. The zero-order chi connectivity index (χ0) is 17.2. The number of ether oxygens (including phenoxy) is 1. The van der Waals surface area contributed by atoms with Gasteiger partial charge in [-0.15, -0.1) is 0 Å². The number of aromatic nitrogens is 2. The molecule has 2 N–H and O–H groups in total. The molecule has 9 nitrogen and oxygen atoms in total. The highest BCUT2D eigenvalue weighted by Gasteiger charge is 2.41. The molecule has 1 amide bonds. The van der Waals surface area contributed by atoms with Crippen LogP contribution < -0.4 is 0 Å². The standard InChI is InChI=1S/C11H13F3N4O5/c12-11(13,14)10-15-7(9(16-10)18(21)22)3-6(19)4-17-1-2-23-5-8(17)20/h6,19H,1-5H2,(H,15,16)/t6-/m1/s1. The first-order chi connectivity index (χ1) is 10.7. The third kappa shape index (κ3) is 4.16. The molecule has 0 aliphatic carbocycles. The minimum Gasteiger partial charge on any atom is -0.391 e. The van der Waals surface area contributed by atoms with Crippen molar-refractivity contribution in [2.75, 3.05) is 26.3 Å². The van der Waals surface area contributed by atoms with E-state index in [1.807, 2.05) is 0 Å². The van der Waals surface area contributed by atoms with Crippen LogP contribution in [0.2, 0.25) is 0 Å². The maximum atomic E-state index is 12.6. The van der Waals surface area contributed by atoms with Gasteiger partial charge in [0.05, 0.1) is 12.7 Å². The number of carbonyl (C=O) groups is 1. The minimum absolute atomic E-state index is 0.145. The summed E-state index contributed by atoms with van der Waals surface area (Å²) in [7, 11) is 0. The number of amides is 1. The number of imidazole rings is 1. The number of hydrogen-bond donors (Lipinski definition) is 2. The average molecular weight is 338 g/mol. The monoisotopic (exact) mass is 338 g/mol. The molecule has 1 saturated heterocycles. The fourth-order valence-electron chi connectivity index (χ4n) is 2.11. The van der Waals surface area contributed by atoms with E-state index >= 15 is 0 Å². The van der Waals surface area contributed by atoms with Crippen LogP contribution in [-0.4, -0.2) is 63.2 Å². The number of nitrogens with zero attached hydrogens (tertiary/aromatic N) is 3. The Balaban J connectivity index is 2.10. The second kappa shape index (κ2) is 6.50. The largest absolute Gasteiger partial charge is 0.473 e. The molecule has 2 rings (SSSR count). The highest BCUT2D eigenvalue weighted by Crippen LogP contribution is 2.30. The molecule has 0 radical (unpaired) electrons. The van der Waals surface area contributed by atoms with E-state index < -0.39 is 41.0 Å². The molecule has 12 heteroatoms. The molecule has 128 valence electrons. The first kappa shape index (κ1) is 17.1. The van der Waals surface area contributed by atoms with Gasteiger partial charge in [-0.3, -0.25) is 4.79 Å². The van der Waals surface area contributed by atoms with Gasteiger partial charge in [0.1, 0.15) is 12.3 Å². The van der Waals surface area contributed by atoms with E-state index in [0.29, 0.717) is 0 Å². The van der Waals surface area contributed by atoms with Gasteiger partial charge in [-0.1, -0.05) is 0 Å². The number of aliphatic hydroxyl groups is 1. The van der Waals surface area contributed by atoms with Crippen LogP contribution in [0.5, 0.6) is 0 Å². The Morgan fingerprint density at radius 1 is 1.52 bits per heavy atom. The topological polar surface area (TPSA) is 122 Å². The van der Waals surface area contributed by atoms with Crippen LogP contribution in [-0.2, 0) is 22.1 Å². The Morgan fingerprint density at radius 2 is 2.22 bits per heavy atom. The molecule has 1 atom stereocenters. The van der Waals surface area contributed by atoms with Crippen molar-refractivity contribution in [1.29, 1.82) is 0 Å². The van der Waals surface area contributed by atoms with E-state index in [4.69, 9.17) is 4.74 Å². The van der Waals surface area contributed by atoms with Gasteiger partial charge in [0.15, 0.2) is 0 Å². The summed E-state index contributed by atoms with van der Waals surface area (Å²) < 4.78 is 42.6. The summed E-state index contributed by atoms with van der Waals surface area (Å²) in [5.41, 5.74) is -0.518. The molecule has 1 aromatic rings. The summed E-state index contributed by atoms with van der Waals surface area (Å²) in [6.45, 7) is 0.187. The van der Waals surface area contributed by atoms with Crippen molar-refractivity contribution in [2.45, 2.75) is 18.7 Å². The Kier molecular flexibility index (Phi) is 4.85. The van der Waals surface area contributed by atoms with Gasteiger partial charge in [-0.2, -0.15) is 13.2 Å². The Labute approximate surface area is 127 Å². The maximum Gasteiger partial charge on any atom is 0.473 e. The number of nitrogens with one attached hydrogen (secondary N) is 1. The van der Waals surface area contributed by atoms with Crippen molar-refractivity contribution in [3.63, 3.8) is 0 Å². The molecule has 1 fully saturated rings. The van der Waals surface area contributed by atoms with Gasteiger partial charge in [0.25, 0.3) is 0 Å². The summed E-state index contributed by atoms with van der Waals surface area (Å²) in [6, 6.07) is 0. The van der Waals surface area contributed by atoms with Crippen LogP contribution in [0, 0.1) is 10.1 Å². The predicted molar refractivity (Wildman–Crippen MR) is 67.4 cm³/mol. The minimum atomic E-state index is -4.87. The van der Waals surface area contributed by atoms with Gasteiger partial charge in [-0.25, -0.2) is 9.97 Å². The molecule has 0 unspecified atom stereocenters. The van der Waals surface area contributed by atoms with E-state index in [-0.39, 0.29) is 32.2 Å². The van der Waals surface area contributed by atoms with Gasteiger partial charge in [0.2, 0.25) is 5.91 Å². The number of β-amino-alcohol motifs (C(OH)–C–C–N with tert-alkyl or cyclic N) is 1. The van der Waals surface area contributed by atoms with E-state index in [1.54, 1.807) is 4.98 Å².